The van der Waals surface area contributed by atoms with Crippen LogP contribution in [0.4, 0.5) is 0 Å². The third-order valence-corrected chi connectivity index (χ3v) is 5.22. The van der Waals surface area contributed by atoms with Crippen molar-refractivity contribution in [1.82, 2.24) is 9.55 Å². The van der Waals surface area contributed by atoms with E-state index in [2.05, 4.69) is 10.9 Å². The highest BCUT2D eigenvalue weighted by atomic mass is 16.8. The summed E-state index contributed by atoms with van der Waals surface area (Å²) in [4.78, 5) is 25.8. The second-order valence-electron chi connectivity index (χ2n) is 6.65. The molecule has 7 heteroatoms. The average Bonchev–Trinajstić information content (AvgIpc) is 3.39. The molecule has 1 saturated carbocycles. The van der Waals surface area contributed by atoms with Crippen LogP contribution in [0.1, 0.15) is 73.0 Å². The molecule has 2 saturated heterocycles. The van der Waals surface area contributed by atoms with Crippen LogP contribution in [0.25, 0.3) is 0 Å². The largest absolute Gasteiger partial charge is 0.347 e. The van der Waals surface area contributed by atoms with Gasteiger partial charge in [0.05, 0.1) is 6.10 Å². The van der Waals surface area contributed by atoms with E-state index in [0.717, 1.165) is 25.7 Å². The summed E-state index contributed by atoms with van der Waals surface area (Å²) in [5, 5.41) is 0. The second kappa shape index (κ2) is 9.08. The molecule has 1 aliphatic carbocycles. The first-order valence-electron chi connectivity index (χ1n) is 10.4. The van der Waals surface area contributed by atoms with E-state index in [0.29, 0.717) is 6.42 Å². The maximum Gasteiger partial charge on any atom is 0.330 e. The molecule has 7 nitrogen and oxygen atoms in total. The molecule has 0 unspecified atom stereocenters. The number of hydrogen-bond donors (Lipinski definition) is 1. The summed E-state index contributed by atoms with van der Waals surface area (Å²) in [5.41, 5.74) is -2.22. The molecule has 1 spiro atoms. The van der Waals surface area contributed by atoms with Crippen LogP contribution < -0.4 is 11.2 Å². The Hall–Kier alpha value is -1.88. The van der Waals surface area contributed by atoms with E-state index in [9.17, 15) is 9.59 Å². The van der Waals surface area contributed by atoms with Gasteiger partial charge in [0.15, 0.2) is 12.0 Å². The molecule has 28 heavy (non-hydrogen) atoms. The van der Waals surface area contributed by atoms with Crippen LogP contribution >= 0.6 is 0 Å². The van der Waals surface area contributed by atoms with Crippen molar-refractivity contribution in [3.63, 3.8) is 0 Å². The van der Waals surface area contributed by atoms with Crippen LogP contribution in [0.2, 0.25) is 0 Å². The maximum absolute atomic E-state index is 12.2. The lowest BCUT2D eigenvalue weighted by atomic mass is 9.94. The SMILES string of the molecule is C#C[C@@]12OC3(CCCC3)O[C@@H]1[C@@H](CC)O[C@H]2n1ccc(=O)[nH]c1=O.CC.CC. The van der Waals surface area contributed by atoms with Crippen molar-refractivity contribution in [3.8, 4) is 12.3 Å². The molecule has 156 valence electrons. The standard InChI is InChI=1S/C17H20N2O5.2C2H6/c1-3-11-13-17(4-2,24-16(23-13)8-5-6-9-16)14(22-11)19-10-7-12(20)18-15(19)21;2*1-2/h2,7,10-11,13-14H,3,5-6,8-9H2,1H3,(H,18,20,21);2*1-2H3/t11-,13-,14-,17-;;/m1../s1. The van der Waals surface area contributed by atoms with Crippen molar-refractivity contribution >= 4 is 0 Å². The molecule has 0 bridgehead atoms. The van der Waals surface area contributed by atoms with Crippen molar-refractivity contribution in [1.29, 1.82) is 0 Å². The number of hydrogen-bond acceptors (Lipinski definition) is 5. The predicted molar refractivity (Wildman–Crippen MR) is 107 cm³/mol. The highest BCUT2D eigenvalue weighted by Crippen LogP contribution is 2.55. The third kappa shape index (κ3) is 3.57. The van der Waals surface area contributed by atoms with E-state index < -0.39 is 35.0 Å². The first-order valence-corrected chi connectivity index (χ1v) is 10.4. The highest BCUT2D eigenvalue weighted by molar-refractivity contribution is 5.24. The van der Waals surface area contributed by atoms with Gasteiger partial charge in [-0.2, -0.15) is 0 Å². The first-order chi connectivity index (χ1) is 13.5. The van der Waals surface area contributed by atoms with Gasteiger partial charge in [-0.25, -0.2) is 4.79 Å². The van der Waals surface area contributed by atoms with Crippen molar-refractivity contribution in [2.75, 3.05) is 0 Å². The summed E-state index contributed by atoms with van der Waals surface area (Å²) in [6, 6.07) is 1.27. The molecule has 4 rings (SSSR count). The van der Waals surface area contributed by atoms with Crippen LogP contribution in [0, 0.1) is 12.3 Å². The van der Waals surface area contributed by atoms with Crippen molar-refractivity contribution in [3.05, 3.63) is 33.1 Å². The molecular formula is C21H32N2O5. The van der Waals surface area contributed by atoms with Crippen LogP contribution in [-0.4, -0.2) is 33.1 Å². The predicted octanol–water partition coefficient (Wildman–Crippen LogP) is 2.95. The summed E-state index contributed by atoms with van der Waals surface area (Å²) in [6.45, 7) is 9.98. The Morgan fingerprint density at radius 2 is 1.89 bits per heavy atom. The van der Waals surface area contributed by atoms with Gasteiger partial charge >= 0.3 is 5.69 Å². The lowest BCUT2D eigenvalue weighted by Gasteiger charge is -2.30. The topological polar surface area (TPSA) is 82.6 Å². The lowest BCUT2D eigenvalue weighted by molar-refractivity contribution is -0.224. The van der Waals surface area contributed by atoms with Gasteiger partial charge in [-0.15, -0.1) is 6.42 Å². The van der Waals surface area contributed by atoms with E-state index in [1.54, 1.807) is 0 Å². The van der Waals surface area contributed by atoms with E-state index in [-0.39, 0.29) is 6.10 Å². The van der Waals surface area contributed by atoms with Gasteiger partial charge in [0, 0.05) is 25.1 Å². The number of aromatic nitrogens is 2. The minimum atomic E-state index is -1.17. The average molecular weight is 392 g/mol. The van der Waals surface area contributed by atoms with Gasteiger partial charge in [-0.05, 0) is 19.3 Å². The third-order valence-electron chi connectivity index (χ3n) is 5.22. The molecule has 1 N–H and O–H groups in total. The zero-order chi connectivity index (χ0) is 20.9. The van der Waals surface area contributed by atoms with E-state index in [1.807, 2.05) is 34.6 Å². The lowest BCUT2D eigenvalue weighted by Crippen LogP contribution is -2.46. The van der Waals surface area contributed by atoms with Crippen molar-refractivity contribution in [2.45, 2.75) is 96.5 Å². The molecule has 3 aliphatic rings. The van der Waals surface area contributed by atoms with Crippen LogP contribution in [-0.2, 0) is 14.2 Å². The quantitative estimate of drug-likeness (QED) is 0.783. The van der Waals surface area contributed by atoms with E-state index in [1.165, 1.54) is 16.8 Å². The molecule has 2 aliphatic heterocycles. The van der Waals surface area contributed by atoms with E-state index >= 15 is 0 Å². The van der Waals surface area contributed by atoms with Crippen LogP contribution in [0.3, 0.4) is 0 Å². The number of fused-ring (bicyclic) bond motifs is 1. The fourth-order valence-electron chi connectivity index (χ4n) is 4.10. The Kier molecular flexibility index (Phi) is 7.27. The van der Waals surface area contributed by atoms with Gasteiger partial charge in [0.1, 0.15) is 6.10 Å². The van der Waals surface area contributed by atoms with Crippen LogP contribution in [0.5, 0.6) is 0 Å². The fraction of sp³-hybridized carbons (Fsp3) is 0.714. The second-order valence-corrected chi connectivity index (χ2v) is 6.65. The number of ether oxygens (including phenoxy) is 3. The highest BCUT2D eigenvalue weighted by Gasteiger charge is 2.68. The number of H-pyrrole nitrogens is 1. The van der Waals surface area contributed by atoms with E-state index in [4.69, 9.17) is 20.6 Å². The Balaban J connectivity index is 0.000000660. The molecule has 0 amide bonds. The Labute approximate surface area is 166 Å². The number of nitrogens with zero attached hydrogens (tertiary/aromatic N) is 1. The Morgan fingerprint density at radius 3 is 2.43 bits per heavy atom. The van der Waals surface area contributed by atoms with Gasteiger partial charge < -0.3 is 14.2 Å². The maximum atomic E-state index is 12.2. The number of rotatable bonds is 2. The molecule has 0 aromatic carbocycles. The van der Waals surface area contributed by atoms with Crippen molar-refractivity contribution in [2.24, 2.45) is 0 Å². The smallest absolute Gasteiger partial charge is 0.330 e. The summed E-state index contributed by atoms with van der Waals surface area (Å²) < 4.78 is 19.9. The summed E-state index contributed by atoms with van der Waals surface area (Å²) >= 11 is 0. The molecular weight excluding hydrogens is 360 g/mol. The summed E-state index contributed by atoms with van der Waals surface area (Å²) in [7, 11) is 0. The molecule has 1 aromatic rings. The zero-order valence-corrected chi connectivity index (χ0v) is 17.5. The number of aromatic amines is 1. The summed E-state index contributed by atoms with van der Waals surface area (Å²) in [6.07, 6.45) is 10.0. The first kappa shape index (κ1) is 22.4. The Morgan fingerprint density at radius 1 is 1.25 bits per heavy atom. The molecule has 1 aromatic heterocycles. The normalized spacial score (nSPS) is 31.9. The fourth-order valence-corrected chi connectivity index (χ4v) is 4.10. The molecule has 0 radical (unpaired) electrons. The number of nitrogens with one attached hydrogen (secondary N) is 1. The molecule has 4 atom stereocenters. The van der Waals surface area contributed by atoms with Crippen LogP contribution in [0.15, 0.2) is 21.9 Å². The van der Waals surface area contributed by atoms with Gasteiger partial charge in [0.25, 0.3) is 5.56 Å². The minimum Gasteiger partial charge on any atom is -0.347 e. The summed E-state index contributed by atoms with van der Waals surface area (Å²) in [5.74, 6) is 2.04. The van der Waals surface area contributed by atoms with Gasteiger partial charge in [0.2, 0.25) is 5.60 Å². The minimum absolute atomic E-state index is 0.273. The van der Waals surface area contributed by atoms with Gasteiger partial charge in [-0.1, -0.05) is 40.5 Å². The van der Waals surface area contributed by atoms with Gasteiger partial charge in [-0.3, -0.25) is 14.3 Å². The molecule has 3 fully saturated rings. The number of terminal acetylenes is 1. The Bertz CT molecular complexity index is 802. The zero-order valence-electron chi connectivity index (χ0n) is 17.5. The monoisotopic (exact) mass is 392 g/mol. The molecule has 3 heterocycles. The van der Waals surface area contributed by atoms with Crippen molar-refractivity contribution < 1.29 is 14.2 Å².